The number of carbonyl (C=O) groups is 1. The van der Waals surface area contributed by atoms with Crippen molar-refractivity contribution in [3.63, 3.8) is 0 Å². The second-order valence-corrected chi connectivity index (χ2v) is 6.41. The van der Waals surface area contributed by atoms with Gasteiger partial charge in [-0.3, -0.25) is 14.2 Å². The summed E-state index contributed by atoms with van der Waals surface area (Å²) in [5.74, 6) is -0.949. The molecule has 0 radical (unpaired) electrons. The van der Waals surface area contributed by atoms with Gasteiger partial charge in [0.05, 0.1) is 22.3 Å². The van der Waals surface area contributed by atoms with Gasteiger partial charge in [-0.25, -0.2) is 9.37 Å². The molecule has 1 N–H and O–H groups in total. The number of aromatic nitrogens is 2. The molecule has 5 nitrogen and oxygen atoms in total. The lowest BCUT2D eigenvalue weighted by Gasteiger charge is -2.05. The van der Waals surface area contributed by atoms with Crippen LogP contribution in [0.3, 0.4) is 0 Å². The second kappa shape index (κ2) is 6.52. The van der Waals surface area contributed by atoms with Crippen LogP contribution in [0, 0.1) is 12.7 Å². The Hall–Kier alpha value is -2.54. The van der Waals surface area contributed by atoms with Gasteiger partial charge >= 0.3 is 0 Å². The summed E-state index contributed by atoms with van der Waals surface area (Å²) < 4.78 is 15.2. The summed E-state index contributed by atoms with van der Waals surface area (Å²) in [5, 5.41) is 3.00. The second-order valence-electron chi connectivity index (χ2n) is 5.41. The number of nitrogens with one attached hydrogen (secondary N) is 1. The third-order valence-corrected chi connectivity index (χ3v) is 4.91. The zero-order valence-corrected chi connectivity index (χ0v) is 14.1. The number of benzene rings is 1. The SMILES string of the molecule is CCCn1cnc2sc(C(=O)Nc3ccccc3F)c(C)c2c1=O. The predicted molar refractivity (Wildman–Crippen MR) is 93.3 cm³/mol. The van der Waals surface area contributed by atoms with Gasteiger partial charge in [-0.1, -0.05) is 19.1 Å². The number of hydrogen-bond acceptors (Lipinski definition) is 4. The van der Waals surface area contributed by atoms with E-state index in [4.69, 9.17) is 0 Å². The van der Waals surface area contributed by atoms with E-state index in [9.17, 15) is 14.0 Å². The first-order chi connectivity index (χ1) is 11.5. The van der Waals surface area contributed by atoms with E-state index in [1.165, 1.54) is 18.5 Å². The highest BCUT2D eigenvalue weighted by Crippen LogP contribution is 2.28. The number of anilines is 1. The van der Waals surface area contributed by atoms with Crippen molar-refractivity contribution in [2.45, 2.75) is 26.8 Å². The minimum absolute atomic E-state index is 0.107. The molecule has 1 aromatic carbocycles. The molecule has 0 unspecified atom stereocenters. The molecule has 3 aromatic rings. The molecule has 0 bridgehead atoms. The van der Waals surface area contributed by atoms with E-state index >= 15 is 0 Å². The normalized spacial score (nSPS) is 11.0. The number of fused-ring (bicyclic) bond motifs is 1. The van der Waals surface area contributed by atoms with Crippen molar-refractivity contribution in [3.8, 4) is 0 Å². The first-order valence-corrected chi connectivity index (χ1v) is 8.39. The molecule has 0 spiro atoms. The van der Waals surface area contributed by atoms with E-state index in [0.717, 1.165) is 17.8 Å². The minimum Gasteiger partial charge on any atom is -0.319 e. The Balaban J connectivity index is 2.03. The first kappa shape index (κ1) is 16.3. The van der Waals surface area contributed by atoms with E-state index in [1.807, 2.05) is 6.92 Å². The van der Waals surface area contributed by atoms with Crippen molar-refractivity contribution in [1.82, 2.24) is 9.55 Å². The molecule has 0 atom stereocenters. The van der Waals surface area contributed by atoms with Gasteiger partial charge in [0.15, 0.2) is 0 Å². The molecule has 2 aromatic heterocycles. The largest absolute Gasteiger partial charge is 0.319 e. The van der Waals surface area contributed by atoms with Crippen LogP contribution in [-0.4, -0.2) is 15.5 Å². The van der Waals surface area contributed by atoms with Gasteiger partial charge in [-0.2, -0.15) is 0 Å². The third kappa shape index (κ3) is 2.82. The summed E-state index contributed by atoms with van der Waals surface area (Å²) in [7, 11) is 0. The highest BCUT2D eigenvalue weighted by Gasteiger charge is 2.20. The number of amides is 1. The Morgan fingerprint density at radius 2 is 2.12 bits per heavy atom. The first-order valence-electron chi connectivity index (χ1n) is 7.57. The molecule has 3 rings (SSSR count). The molecule has 0 fully saturated rings. The Bertz CT molecular complexity index is 978. The van der Waals surface area contributed by atoms with E-state index in [0.29, 0.717) is 27.2 Å². The topological polar surface area (TPSA) is 64.0 Å². The monoisotopic (exact) mass is 345 g/mol. The van der Waals surface area contributed by atoms with Crippen molar-refractivity contribution >= 4 is 33.1 Å². The molecular weight excluding hydrogens is 329 g/mol. The average molecular weight is 345 g/mol. The molecule has 0 aliphatic heterocycles. The van der Waals surface area contributed by atoms with Gasteiger partial charge < -0.3 is 5.32 Å². The van der Waals surface area contributed by atoms with Crippen LogP contribution in [0.5, 0.6) is 0 Å². The number of carbonyl (C=O) groups excluding carboxylic acids is 1. The quantitative estimate of drug-likeness (QED) is 0.786. The van der Waals surface area contributed by atoms with E-state index in [1.54, 1.807) is 23.6 Å². The minimum atomic E-state index is -0.506. The van der Waals surface area contributed by atoms with Gasteiger partial charge in [0.1, 0.15) is 10.6 Å². The van der Waals surface area contributed by atoms with Crippen LogP contribution in [0.15, 0.2) is 35.4 Å². The molecule has 0 aliphatic rings. The Morgan fingerprint density at radius 1 is 1.38 bits per heavy atom. The van der Waals surface area contributed by atoms with Crippen LogP contribution in [0.1, 0.15) is 28.6 Å². The van der Waals surface area contributed by atoms with Gasteiger partial charge in [-0.05, 0) is 31.0 Å². The molecule has 0 saturated heterocycles. The van der Waals surface area contributed by atoms with Crippen LogP contribution in [-0.2, 0) is 6.54 Å². The lowest BCUT2D eigenvalue weighted by Crippen LogP contribution is -2.20. The van der Waals surface area contributed by atoms with Crippen LogP contribution >= 0.6 is 11.3 Å². The van der Waals surface area contributed by atoms with E-state index in [2.05, 4.69) is 10.3 Å². The van der Waals surface area contributed by atoms with Gasteiger partial charge in [-0.15, -0.1) is 11.3 Å². The fraction of sp³-hybridized carbons (Fsp3) is 0.235. The number of hydrogen-bond donors (Lipinski definition) is 1. The highest BCUT2D eigenvalue weighted by atomic mass is 32.1. The Kier molecular flexibility index (Phi) is 4.44. The summed E-state index contributed by atoms with van der Waals surface area (Å²) in [6.45, 7) is 4.27. The van der Waals surface area contributed by atoms with E-state index in [-0.39, 0.29) is 11.2 Å². The smallest absolute Gasteiger partial charge is 0.266 e. The molecular formula is C17H16FN3O2S. The third-order valence-electron chi connectivity index (χ3n) is 3.71. The molecule has 0 aliphatic carbocycles. The molecule has 2 heterocycles. The van der Waals surface area contributed by atoms with Crippen LogP contribution < -0.4 is 10.9 Å². The maximum absolute atomic E-state index is 13.7. The number of thiophene rings is 1. The van der Waals surface area contributed by atoms with Crippen molar-refractivity contribution < 1.29 is 9.18 Å². The average Bonchev–Trinajstić information content (AvgIpc) is 2.90. The molecule has 1 amide bonds. The van der Waals surface area contributed by atoms with Gasteiger partial charge in [0.25, 0.3) is 11.5 Å². The number of rotatable bonds is 4. The van der Waals surface area contributed by atoms with Crippen molar-refractivity contribution in [1.29, 1.82) is 0 Å². The number of para-hydroxylation sites is 1. The fourth-order valence-corrected chi connectivity index (χ4v) is 3.55. The van der Waals surface area contributed by atoms with Crippen LogP contribution in [0.25, 0.3) is 10.2 Å². The lowest BCUT2D eigenvalue weighted by atomic mass is 10.2. The predicted octanol–water partition coefficient (Wildman–Crippen LogP) is 3.57. The standard InChI is InChI=1S/C17H16FN3O2S/c1-3-8-21-9-19-16-13(17(21)23)10(2)14(24-16)15(22)20-12-7-5-4-6-11(12)18/h4-7,9H,3,8H2,1-2H3,(H,20,22). The summed E-state index contributed by atoms with van der Waals surface area (Å²) in [6, 6.07) is 5.96. The number of nitrogens with zero attached hydrogens (tertiary/aromatic N) is 2. The Morgan fingerprint density at radius 3 is 2.83 bits per heavy atom. The summed E-state index contributed by atoms with van der Waals surface area (Å²) in [4.78, 5) is 30.2. The molecule has 124 valence electrons. The van der Waals surface area contributed by atoms with Crippen molar-refractivity contribution in [2.75, 3.05) is 5.32 Å². The maximum atomic E-state index is 13.7. The number of halogens is 1. The zero-order valence-electron chi connectivity index (χ0n) is 13.3. The van der Waals surface area contributed by atoms with Gasteiger partial charge in [0.2, 0.25) is 0 Å². The zero-order chi connectivity index (χ0) is 17.3. The summed E-state index contributed by atoms with van der Waals surface area (Å²) in [5.41, 5.74) is 0.531. The van der Waals surface area contributed by atoms with E-state index < -0.39 is 11.7 Å². The number of aryl methyl sites for hydroxylation is 2. The fourth-order valence-electron chi connectivity index (χ4n) is 2.52. The highest BCUT2D eigenvalue weighted by molar-refractivity contribution is 7.20. The van der Waals surface area contributed by atoms with Crippen molar-refractivity contribution in [3.05, 3.63) is 57.2 Å². The maximum Gasteiger partial charge on any atom is 0.266 e. The molecule has 24 heavy (non-hydrogen) atoms. The summed E-state index contributed by atoms with van der Waals surface area (Å²) >= 11 is 1.14. The molecule has 0 saturated carbocycles. The van der Waals surface area contributed by atoms with Crippen LogP contribution in [0.2, 0.25) is 0 Å². The summed E-state index contributed by atoms with van der Waals surface area (Å²) in [6.07, 6.45) is 2.32. The molecule has 7 heteroatoms. The van der Waals surface area contributed by atoms with Crippen LogP contribution in [0.4, 0.5) is 10.1 Å². The Labute approximate surface area is 141 Å². The van der Waals surface area contributed by atoms with Gasteiger partial charge in [0, 0.05) is 6.54 Å². The lowest BCUT2D eigenvalue weighted by molar-refractivity contribution is 0.102. The van der Waals surface area contributed by atoms with Crippen molar-refractivity contribution in [2.24, 2.45) is 0 Å².